The van der Waals surface area contributed by atoms with E-state index in [0.717, 1.165) is 28.7 Å². The van der Waals surface area contributed by atoms with Crippen molar-refractivity contribution in [2.24, 2.45) is 5.92 Å². The molecule has 2 aliphatic carbocycles. The SMILES string of the molecule is CSc1c(NC(C)C2CC2)sc(C(=O)NC2CC2)c1N. The number of rotatable bonds is 6. The van der Waals surface area contributed by atoms with Gasteiger partial charge in [0, 0.05) is 12.1 Å². The van der Waals surface area contributed by atoms with Gasteiger partial charge in [-0.05, 0) is 44.8 Å². The number of amides is 1. The van der Waals surface area contributed by atoms with E-state index in [1.807, 2.05) is 6.26 Å². The Morgan fingerprint density at radius 1 is 1.40 bits per heavy atom. The van der Waals surface area contributed by atoms with Crippen molar-refractivity contribution in [3.05, 3.63) is 4.88 Å². The summed E-state index contributed by atoms with van der Waals surface area (Å²) >= 11 is 3.10. The first-order valence-corrected chi connectivity index (χ1v) is 9.18. The van der Waals surface area contributed by atoms with Crippen LogP contribution in [0.15, 0.2) is 4.90 Å². The van der Waals surface area contributed by atoms with E-state index < -0.39 is 0 Å². The highest BCUT2D eigenvalue weighted by atomic mass is 32.2. The summed E-state index contributed by atoms with van der Waals surface area (Å²) in [4.78, 5) is 13.9. The minimum Gasteiger partial charge on any atom is -0.396 e. The molecule has 2 fully saturated rings. The molecule has 0 bridgehead atoms. The van der Waals surface area contributed by atoms with Crippen molar-refractivity contribution in [2.75, 3.05) is 17.3 Å². The first-order valence-electron chi connectivity index (χ1n) is 7.13. The van der Waals surface area contributed by atoms with E-state index in [-0.39, 0.29) is 5.91 Å². The van der Waals surface area contributed by atoms with Crippen LogP contribution in [0.5, 0.6) is 0 Å². The highest BCUT2D eigenvalue weighted by Crippen LogP contribution is 2.44. The van der Waals surface area contributed by atoms with Crippen LogP contribution in [0.2, 0.25) is 0 Å². The summed E-state index contributed by atoms with van der Waals surface area (Å²) in [5.41, 5.74) is 6.80. The fourth-order valence-corrected chi connectivity index (χ4v) is 4.32. The molecule has 1 aromatic heterocycles. The van der Waals surface area contributed by atoms with E-state index in [2.05, 4.69) is 17.6 Å². The number of carbonyl (C=O) groups is 1. The van der Waals surface area contributed by atoms with Crippen molar-refractivity contribution in [3.8, 4) is 0 Å². The van der Waals surface area contributed by atoms with Gasteiger partial charge in [-0.25, -0.2) is 0 Å². The van der Waals surface area contributed by atoms with Gasteiger partial charge in [0.15, 0.2) is 0 Å². The summed E-state index contributed by atoms with van der Waals surface area (Å²) in [5, 5.41) is 7.62. The Kier molecular flexibility index (Phi) is 3.86. The second-order valence-electron chi connectivity index (χ2n) is 5.73. The van der Waals surface area contributed by atoms with Crippen LogP contribution in [0.3, 0.4) is 0 Å². The number of hydrogen-bond acceptors (Lipinski definition) is 5. The van der Waals surface area contributed by atoms with E-state index in [9.17, 15) is 4.79 Å². The lowest BCUT2D eigenvalue weighted by Crippen LogP contribution is -2.25. The van der Waals surface area contributed by atoms with Crippen LogP contribution >= 0.6 is 23.1 Å². The number of carbonyl (C=O) groups excluding carboxylic acids is 1. The Hall–Kier alpha value is -0.880. The molecule has 1 amide bonds. The fraction of sp³-hybridized carbons (Fsp3) is 0.643. The van der Waals surface area contributed by atoms with Gasteiger partial charge in [-0.15, -0.1) is 23.1 Å². The van der Waals surface area contributed by atoms with Gasteiger partial charge in [-0.3, -0.25) is 4.79 Å². The molecule has 20 heavy (non-hydrogen) atoms. The predicted octanol–water partition coefficient (Wildman–Crippen LogP) is 3.15. The lowest BCUT2D eigenvalue weighted by molar-refractivity contribution is 0.0956. The van der Waals surface area contributed by atoms with Gasteiger partial charge in [-0.1, -0.05) is 0 Å². The molecule has 1 aromatic rings. The largest absolute Gasteiger partial charge is 0.396 e. The molecule has 1 atom stereocenters. The lowest BCUT2D eigenvalue weighted by atomic mass is 10.2. The topological polar surface area (TPSA) is 67.2 Å². The smallest absolute Gasteiger partial charge is 0.263 e. The van der Waals surface area contributed by atoms with Crippen molar-refractivity contribution in [3.63, 3.8) is 0 Å². The first-order chi connectivity index (χ1) is 9.60. The maximum atomic E-state index is 12.2. The summed E-state index contributed by atoms with van der Waals surface area (Å²) in [5.74, 6) is 0.759. The van der Waals surface area contributed by atoms with Gasteiger partial charge in [0.25, 0.3) is 5.91 Å². The average molecular weight is 311 g/mol. The Morgan fingerprint density at radius 2 is 2.10 bits per heavy atom. The van der Waals surface area contributed by atoms with Crippen LogP contribution in [0.1, 0.15) is 42.3 Å². The Bertz CT molecular complexity index is 521. The summed E-state index contributed by atoms with van der Waals surface area (Å²) in [6.07, 6.45) is 6.80. The van der Waals surface area contributed by atoms with E-state index in [4.69, 9.17) is 5.73 Å². The molecule has 1 heterocycles. The highest BCUT2D eigenvalue weighted by Gasteiger charge is 2.31. The number of nitrogen functional groups attached to an aromatic ring is 1. The Labute approximate surface area is 127 Å². The lowest BCUT2D eigenvalue weighted by Gasteiger charge is -2.13. The van der Waals surface area contributed by atoms with Crippen LogP contribution in [0.4, 0.5) is 10.7 Å². The van der Waals surface area contributed by atoms with Gasteiger partial charge in [0.05, 0.1) is 10.6 Å². The monoisotopic (exact) mass is 311 g/mol. The normalized spacial score (nSPS) is 19.7. The van der Waals surface area contributed by atoms with Crippen LogP contribution in [0.25, 0.3) is 0 Å². The van der Waals surface area contributed by atoms with Crippen molar-refractivity contribution in [1.82, 2.24) is 5.32 Å². The number of anilines is 2. The second-order valence-corrected chi connectivity index (χ2v) is 7.56. The number of nitrogens with two attached hydrogens (primary N) is 1. The summed E-state index contributed by atoms with van der Waals surface area (Å²) in [7, 11) is 0. The van der Waals surface area contributed by atoms with Crippen LogP contribution < -0.4 is 16.4 Å². The molecule has 2 aliphatic rings. The Morgan fingerprint density at radius 3 is 2.65 bits per heavy atom. The van der Waals surface area contributed by atoms with E-state index in [0.29, 0.717) is 22.6 Å². The third-order valence-electron chi connectivity index (χ3n) is 3.91. The molecule has 0 aromatic carbocycles. The van der Waals surface area contributed by atoms with Crippen molar-refractivity contribution >= 4 is 39.7 Å². The van der Waals surface area contributed by atoms with Crippen molar-refractivity contribution in [1.29, 1.82) is 0 Å². The van der Waals surface area contributed by atoms with Gasteiger partial charge in [0.2, 0.25) is 0 Å². The van der Waals surface area contributed by atoms with E-state index >= 15 is 0 Å². The number of thiophene rings is 1. The fourth-order valence-electron chi connectivity index (χ4n) is 2.29. The number of thioether (sulfide) groups is 1. The van der Waals surface area contributed by atoms with E-state index in [1.54, 1.807) is 11.8 Å². The van der Waals surface area contributed by atoms with Gasteiger partial charge in [-0.2, -0.15) is 0 Å². The van der Waals surface area contributed by atoms with Crippen LogP contribution in [-0.4, -0.2) is 24.2 Å². The maximum absolute atomic E-state index is 12.2. The molecular weight excluding hydrogens is 290 g/mol. The average Bonchev–Trinajstić information content (AvgIpc) is 3.28. The highest BCUT2D eigenvalue weighted by molar-refractivity contribution is 7.99. The molecule has 4 nitrogen and oxygen atoms in total. The summed E-state index contributed by atoms with van der Waals surface area (Å²) in [6.45, 7) is 2.21. The predicted molar refractivity (Wildman–Crippen MR) is 86.8 cm³/mol. The van der Waals surface area contributed by atoms with Crippen molar-refractivity contribution < 1.29 is 4.79 Å². The molecule has 0 saturated heterocycles. The zero-order valence-electron chi connectivity index (χ0n) is 11.9. The van der Waals surface area contributed by atoms with E-state index in [1.165, 1.54) is 24.2 Å². The minimum atomic E-state index is -0.0163. The molecular formula is C14H21N3OS2. The van der Waals surface area contributed by atoms with Crippen molar-refractivity contribution in [2.45, 2.75) is 49.6 Å². The maximum Gasteiger partial charge on any atom is 0.263 e. The minimum absolute atomic E-state index is 0.0163. The molecule has 3 rings (SSSR count). The standard InChI is InChI=1S/C14H21N3OS2/c1-7(8-3-4-8)16-14-12(19-2)10(15)11(20-14)13(18)17-9-5-6-9/h7-9,16H,3-6,15H2,1-2H3,(H,17,18). The molecule has 4 N–H and O–H groups in total. The zero-order chi connectivity index (χ0) is 14.3. The first kappa shape index (κ1) is 14.1. The molecule has 6 heteroatoms. The molecule has 2 saturated carbocycles. The molecule has 0 aliphatic heterocycles. The molecule has 110 valence electrons. The Balaban J connectivity index is 1.79. The molecule has 0 spiro atoms. The van der Waals surface area contributed by atoms with Gasteiger partial charge in [0.1, 0.15) is 9.88 Å². The van der Waals surface area contributed by atoms with Gasteiger partial charge < -0.3 is 16.4 Å². The van der Waals surface area contributed by atoms with Gasteiger partial charge >= 0.3 is 0 Å². The summed E-state index contributed by atoms with van der Waals surface area (Å²) in [6, 6.07) is 0.821. The third-order valence-corrected chi connectivity index (χ3v) is 6.01. The number of nitrogens with one attached hydrogen (secondary N) is 2. The quantitative estimate of drug-likeness (QED) is 0.706. The van der Waals surface area contributed by atoms with Crippen LogP contribution in [-0.2, 0) is 0 Å². The number of hydrogen-bond donors (Lipinski definition) is 3. The van der Waals surface area contributed by atoms with Crippen LogP contribution in [0, 0.1) is 5.92 Å². The zero-order valence-corrected chi connectivity index (χ0v) is 13.5. The summed E-state index contributed by atoms with van der Waals surface area (Å²) < 4.78 is 0. The second kappa shape index (κ2) is 5.48. The molecule has 0 radical (unpaired) electrons. The third kappa shape index (κ3) is 2.91. The molecule has 1 unspecified atom stereocenters.